The first-order valence-electron chi connectivity index (χ1n) is 29.1. The maximum absolute atomic E-state index is 8.93. The molecule has 1 aliphatic heterocycles. The molecule has 1 aliphatic rings. The smallest absolute Gasteiger partial charge is 0.137 e. The molecule has 0 radical (unpaired) electrons. The number of benzene rings is 8. The van der Waals surface area contributed by atoms with Gasteiger partial charge in [0.1, 0.15) is 18.2 Å². The first kappa shape index (κ1) is 37.9. The van der Waals surface area contributed by atoms with Crippen LogP contribution in [0.4, 0.5) is 17.1 Å². The highest BCUT2D eigenvalue weighted by molar-refractivity contribution is 6.10. The minimum Gasteiger partial charge on any atom is -0.489 e. The van der Waals surface area contributed by atoms with Crippen molar-refractivity contribution in [3.05, 3.63) is 228 Å². The Balaban J connectivity index is 0.878. The summed E-state index contributed by atoms with van der Waals surface area (Å²) >= 11 is 0. The van der Waals surface area contributed by atoms with Gasteiger partial charge in [0.2, 0.25) is 0 Å². The lowest BCUT2D eigenvalue weighted by molar-refractivity contribution is 0.306. The van der Waals surface area contributed by atoms with Crippen molar-refractivity contribution in [3.8, 4) is 44.9 Å². The van der Waals surface area contributed by atoms with E-state index >= 15 is 0 Å². The van der Waals surface area contributed by atoms with Crippen molar-refractivity contribution in [2.45, 2.75) is 72.8 Å². The average Bonchev–Trinajstić information content (AvgIpc) is 4.15. The van der Waals surface area contributed by atoms with E-state index in [0.717, 1.165) is 84.7 Å². The first-order valence-corrected chi connectivity index (χ1v) is 25.1. The number of para-hydroxylation sites is 2. The van der Waals surface area contributed by atoms with Gasteiger partial charge in [-0.3, -0.25) is 4.57 Å². The molecule has 0 saturated carbocycles. The van der Waals surface area contributed by atoms with Gasteiger partial charge in [-0.1, -0.05) is 168 Å². The summed E-state index contributed by atoms with van der Waals surface area (Å²) < 4.78 is 78.2. The lowest BCUT2D eigenvalue weighted by Gasteiger charge is -2.25. The third kappa shape index (κ3) is 9.40. The highest BCUT2D eigenvalue weighted by atomic mass is 16.5. The number of anilines is 3. The van der Waals surface area contributed by atoms with Crippen LogP contribution >= 0.6 is 0 Å². The summed E-state index contributed by atoms with van der Waals surface area (Å²) in [4.78, 5) is 9.75. The molecule has 0 aliphatic carbocycles. The lowest BCUT2D eigenvalue weighted by Crippen LogP contribution is -2.29. The van der Waals surface area contributed by atoms with Crippen LogP contribution in [0.3, 0.4) is 0 Å². The summed E-state index contributed by atoms with van der Waals surface area (Å²) in [5.74, 6) is 2.03. The maximum atomic E-state index is 8.93. The van der Waals surface area contributed by atoms with E-state index < -0.39 is 30.4 Å². The van der Waals surface area contributed by atoms with Crippen molar-refractivity contribution in [1.29, 1.82) is 0 Å². The zero-order chi connectivity index (χ0) is 56.2. The van der Waals surface area contributed by atoms with Gasteiger partial charge in [-0.15, -0.1) is 0 Å². The number of pyridine rings is 1. The number of nitrogens with zero attached hydrogens (tertiary/aromatic N) is 4. The molecule has 0 N–H and O–H groups in total. The Morgan fingerprint density at radius 1 is 0.667 bits per heavy atom. The third-order valence-corrected chi connectivity index (χ3v) is 14.0. The van der Waals surface area contributed by atoms with Crippen LogP contribution in [0.15, 0.2) is 200 Å². The van der Waals surface area contributed by atoms with E-state index in [2.05, 4.69) is 156 Å². The molecule has 358 valence electrons. The molecule has 0 spiro atoms. The number of fused-ring (bicyclic) bond motifs is 4. The van der Waals surface area contributed by atoms with Crippen molar-refractivity contribution in [2.75, 3.05) is 23.0 Å². The lowest BCUT2D eigenvalue weighted by atomic mass is 9.81. The first-order chi connectivity index (χ1) is 38.3. The van der Waals surface area contributed by atoms with E-state index in [1.54, 1.807) is 6.07 Å². The van der Waals surface area contributed by atoms with Crippen molar-refractivity contribution >= 4 is 38.9 Å². The molecular formula is C67H64N4O. The molecule has 0 amide bonds. The zero-order valence-corrected chi connectivity index (χ0v) is 41.7. The molecule has 11 rings (SSSR count). The summed E-state index contributed by atoms with van der Waals surface area (Å²) in [5, 5.41) is 2.24. The normalized spacial score (nSPS) is 14.4. The Bertz CT molecular complexity index is 3930. The van der Waals surface area contributed by atoms with Gasteiger partial charge in [-0.2, -0.15) is 0 Å². The molecule has 5 heteroatoms. The van der Waals surface area contributed by atoms with E-state index in [-0.39, 0.29) is 23.2 Å². The van der Waals surface area contributed by atoms with Gasteiger partial charge in [-0.05, 0) is 148 Å². The predicted octanol–water partition coefficient (Wildman–Crippen LogP) is 17.1. The van der Waals surface area contributed by atoms with Crippen LogP contribution in [-0.4, -0.2) is 22.8 Å². The number of hydrogen-bond acceptors (Lipinski definition) is 4. The van der Waals surface area contributed by atoms with Gasteiger partial charge in [0.05, 0.1) is 35.9 Å². The summed E-state index contributed by atoms with van der Waals surface area (Å²) in [6.07, 6.45) is 3.77. The molecule has 10 aromatic rings. The predicted molar refractivity (Wildman–Crippen MR) is 303 cm³/mol. The summed E-state index contributed by atoms with van der Waals surface area (Å²) in [6, 6.07) is 54.4. The Hall–Kier alpha value is -7.89. The Kier molecular flexibility index (Phi) is 10.4. The van der Waals surface area contributed by atoms with Gasteiger partial charge in [0.25, 0.3) is 0 Å². The van der Waals surface area contributed by atoms with Crippen LogP contribution in [0, 0.1) is 12.8 Å². The van der Waals surface area contributed by atoms with Crippen LogP contribution in [-0.2, 0) is 24.9 Å². The largest absolute Gasteiger partial charge is 0.489 e. The number of rotatable bonds is 14. The molecule has 0 saturated heterocycles. The van der Waals surface area contributed by atoms with Gasteiger partial charge in [0, 0.05) is 44.9 Å². The second kappa shape index (κ2) is 19.7. The Morgan fingerprint density at radius 3 is 2.19 bits per heavy atom. The minimum absolute atomic E-state index is 0.0170. The number of aryl methyl sites for hydroxylation is 1. The number of ether oxygens (including phenoxy) is 1. The fourth-order valence-corrected chi connectivity index (χ4v) is 10.3. The van der Waals surface area contributed by atoms with Crippen molar-refractivity contribution in [2.24, 2.45) is 5.92 Å². The number of aromatic nitrogens is 2. The minimum atomic E-state index is -2.52. The van der Waals surface area contributed by atoms with Crippen molar-refractivity contribution in [1.82, 2.24) is 9.55 Å². The van der Waals surface area contributed by atoms with E-state index in [4.69, 9.17) is 20.7 Å². The monoisotopic (exact) mass is 949 g/mol. The van der Waals surface area contributed by atoms with Crippen LogP contribution in [0.1, 0.15) is 79.8 Å². The molecule has 72 heavy (non-hydrogen) atoms. The molecule has 0 fully saturated rings. The van der Waals surface area contributed by atoms with Gasteiger partial charge < -0.3 is 14.5 Å². The van der Waals surface area contributed by atoms with Crippen LogP contribution in [0.25, 0.3) is 61.0 Å². The van der Waals surface area contributed by atoms with Crippen LogP contribution < -0.4 is 14.5 Å². The average molecular weight is 949 g/mol. The topological polar surface area (TPSA) is 33.5 Å². The molecule has 0 atom stereocenters. The van der Waals surface area contributed by atoms with E-state index in [1.165, 1.54) is 5.56 Å². The Morgan fingerprint density at radius 2 is 1.43 bits per heavy atom. The second-order valence-electron chi connectivity index (χ2n) is 20.5. The fourth-order valence-electron chi connectivity index (χ4n) is 10.3. The molecule has 0 bridgehead atoms. The SMILES string of the molecule is [2H]c1c([2H])c([2H])c(-c2cc(C(C)(C)C)cc(C([2H])([2H])[2H])c2CCCN2CN(c3cccc(COc4ccc5c6cc(-c7ccccc7)ccc6n(-c6cc(CC(C)C)c(-c7ccccc7)cn6)c5c4)c3)c3ccccc32)c([2H])c1[2H]. The van der Waals surface area contributed by atoms with Crippen LogP contribution in [0.2, 0.25) is 0 Å². The molecule has 5 nitrogen and oxygen atoms in total. The molecule has 3 heterocycles. The molecule has 0 unspecified atom stereocenters. The van der Waals surface area contributed by atoms with Gasteiger partial charge >= 0.3 is 0 Å². The summed E-state index contributed by atoms with van der Waals surface area (Å²) in [6.45, 7) is 9.37. The highest BCUT2D eigenvalue weighted by Gasteiger charge is 2.27. The standard InChI is InChI=1S/C67H64N4O/c1-46(2)36-53-40-66(68-43-61(53)51-25-14-9-15-26-51)71-62-34-31-52(49-21-10-7-11-22-49)39-60(62)58-33-32-56(42-65(58)71)72-44-48-20-18-27-55(38-48)70-45-69(63-29-16-17-30-64(63)70)35-19-28-57-47(3)37-54(67(4,5)6)41-59(57)50-23-12-8-13-24-50/h7-18,20-27,29-34,37-43,46H,19,28,35-36,44-45H2,1-6H3/i3D3,8D,12D,13D,23D,24D. The maximum Gasteiger partial charge on any atom is 0.137 e. The Labute approximate surface area is 437 Å². The summed E-state index contributed by atoms with van der Waals surface area (Å²) in [5.41, 5.74) is 13.2. The second-order valence-corrected chi connectivity index (χ2v) is 20.5. The van der Waals surface area contributed by atoms with E-state index in [0.29, 0.717) is 55.3 Å². The fraction of sp³-hybridized carbons (Fsp3) is 0.209. The highest BCUT2D eigenvalue weighted by Crippen LogP contribution is 2.42. The van der Waals surface area contributed by atoms with Crippen LogP contribution in [0.5, 0.6) is 5.75 Å². The molecule has 2 aromatic heterocycles. The quantitative estimate of drug-likeness (QED) is 0.109. The van der Waals surface area contributed by atoms with Crippen molar-refractivity contribution in [3.63, 3.8) is 0 Å². The molecular weight excluding hydrogens is 877 g/mol. The molecule has 8 aromatic carbocycles. The van der Waals surface area contributed by atoms with Gasteiger partial charge in [-0.25, -0.2) is 4.98 Å². The van der Waals surface area contributed by atoms with Gasteiger partial charge in [0.15, 0.2) is 0 Å². The van der Waals surface area contributed by atoms with Crippen molar-refractivity contribution < 1.29 is 15.7 Å². The van der Waals surface area contributed by atoms with E-state index in [1.807, 2.05) is 57.3 Å². The third-order valence-electron chi connectivity index (χ3n) is 14.0. The van der Waals surface area contributed by atoms with E-state index in [9.17, 15) is 0 Å². The number of hydrogen-bond donors (Lipinski definition) is 0. The zero-order valence-electron chi connectivity index (χ0n) is 49.7. The summed E-state index contributed by atoms with van der Waals surface area (Å²) in [7, 11) is 0.